The lowest BCUT2D eigenvalue weighted by Gasteiger charge is -2.48. The summed E-state index contributed by atoms with van der Waals surface area (Å²) < 4.78 is 20.2. The van der Waals surface area contributed by atoms with E-state index in [1.165, 1.54) is 41.7 Å². The molecule has 3 aliphatic rings. The molecule has 3 aromatic rings. The number of Topliss-reactive ketones (excluding diaryl/α,β-unsaturated/α-hetero) is 1. The Labute approximate surface area is 503 Å². The van der Waals surface area contributed by atoms with E-state index in [0.717, 1.165) is 92.4 Å². The van der Waals surface area contributed by atoms with Crippen LogP contribution in [0.2, 0.25) is 18.1 Å². The average molecular weight is 1350 g/mol. The van der Waals surface area contributed by atoms with Crippen molar-refractivity contribution in [3.05, 3.63) is 49.1 Å². The van der Waals surface area contributed by atoms with Crippen molar-refractivity contribution in [3.8, 4) is 6.07 Å². The molecule has 0 aliphatic heterocycles. The molecule has 2 unspecified atom stereocenters. The Kier molecular flexibility index (Phi) is 25.9. The Bertz CT molecular complexity index is 2520. The summed E-state index contributed by atoms with van der Waals surface area (Å²) in [6.45, 7) is 23.3. The van der Waals surface area contributed by atoms with Crippen molar-refractivity contribution in [2.24, 2.45) is 16.2 Å². The van der Waals surface area contributed by atoms with Gasteiger partial charge in [-0.1, -0.05) is 114 Å². The third kappa shape index (κ3) is 19.3. The van der Waals surface area contributed by atoms with Gasteiger partial charge in [0.1, 0.15) is 28.4 Å². The highest BCUT2D eigenvalue weighted by atomic mass is 79.9. The number of ketones is 1. The second-order valence-electron chi connectivity index (χ2n) is 24.0. The number of carbonyl (C=O) groups is 3. The first-order valence-corrected chi connectivity index (χ1v) is 35.8. The lowest BCUT2D eigenvalue weighted by atomic mass is 9.69. The Morgan fingerprint density at radius 1 is 0.641 bits per heavy atom. The second kappa shape index (κ2) is 29.7. The number of carbonyl (C=O) groups excluding carboxylic acids is 3. The summed E-state index contributed by atoms with van der Waals surface area (Å²) in [5.74, 6) is -0.167. The van der Waals surface area contributed by atoms with Crippen LogP contribution >= 0.6 is 83.1 Å². The number of halogens is 3. The van der Waals surface area contributed by atoms with Gasteiger partial charge in [0, 0.05) is 42.5 Å². The maximum Gasteiger partial charge on any atom is 0.407 e. The zero-order chi connectivity index (χ0) is 58.3. The summed E-state index contributed by atoms with van der Waals surface area (Å²) in [7, 11) is -2.16. The first kappa shape index (κ1) is 68.1. The number of thioether (sulfide) groups is 3. The monoisotopic (exact) mass is 1340 g/mol. The van der Waals surface area contributed by atoms with Crippen molar-refractivity contribution in [2.45, 2.75) is 216 Å². The average Bonchev–Trinajstić information content (AvgIpc) is 3.40. The third-order valence-electron chi connectivity index (χ3n) is 14.9. The molecule has 2 amide bonds. The molecule has 3 fully saturated rings. The molecule has 3 saturated carbocycles. The van der Waals surface area contributed by atoms with Crippen LogP contribution < -0.4 is 10.6 Å². The first-order valence-electron chi connectivity index (χ1n) is 26.8. The highest BCUT2D eigenvalue weighted by molar-refractivity contribution is 9.11. The fourth-order valence-electron chi connectivity index (χ4n) is 9.63. The molecule has 23 heteroatoms. The van der Waals surface area contributed by atoms with E-state index >= 15 is 0 Å². The van der Waals surface area contributed by atoms with Gasteiger partial charge >= 0.3 is 12.2 Å². The predicted octanol–water partition coefficient (Wildman–Crippen LogP) is 15.6. The van der Waals surface area contributed by atoms with Crippen LogP contribution in [0.1, 0.15) is 193 Å². The van der Waals surface area contributed by atoms with Crippen LogP contribution in [0.4, 0.5) is 9.59 Å². The lowest BCUT2D eigenvalue weighted by Crippen LogP contribution is -2.50. The van der Waals surface area contributed by atoms with Crippen LogP contribution in [0.15, 0.2) is 47.5 Å². The molecule has 2 atom stereocenters. The molecule has 0 radical (unpaired) electrons. The Morgan fingerprint density at radius 2 is 1.03 bits per heavy atom. The molecule has 3 heterocycles. The molecule has 3 N–H and O–H groups in total. The van der Waals surface area contributed by atoms with Crippen molar-refractivity contribution >= 4 is 109 Å². The van der Waals surface area contributed by atoms with Crippen LogP contribution in [0.5, 0.6) is 0 Å². The number of nitrogens with one attached hydrogen (secondary N) is 2. The van der Waals surface area contributed by atoms with E-state index in [0.29, 0.717) is 56.6 Å². The van der Waals surface area contributed by atoms with Crippen molar-refractivity contribution in [2.75, 3.05) is 31.9 Å². The summed E-state index contributed by atoms with van der Waals surface area (Å²) in [6.07, 6.45) is 23.3. The van der Waals surface area contributed by atoms with Crippen LogP contribution in [-0.2, 0) is 13.9 Å². The van der Waals surface area contributed by atoms with E-state index in [2.05, 4.69) is 123 Å². The Balaban J connectivity index is 0.000000261. The molecular formula is C55H84Br3N9O7S3Si. The Hall–Kier alpha value is -2.43. The van der Waals surface area contributed by atoms with Crippen molar-refractivity contribution in [1.29, 1.82) is 5.26 Å². The van der Waals surface area contributed by atoms with Gasteiger partial charge in [-0.3, -0.25) is 4.79 Å². The highest BCUT2D eigenvalue weighted by Gasteiger charge is 2.49. The number of rotatable bonds is 15. The fourth-order valence-corrected chi connectivity index (χ4v) is 13.1. The molecule has 0 spiro atoms. The van der Waals surface area contributed by atoms with E-state index < -0.39 is 42.5 Å². The SMILES string of the molecule is CSc1ncc(Br)c(C(=O)C2(C#N)CCCCC2)n1.CSc1ncc(Br)c(C(O)C2(CNC(=O)OC(C)(C)C)CCCCC2)n1.CSc1ncc(Br)c(C(O[Si](C)(C)C(C)(C)C)C2(CNC(=O)OC(C)(C)C)CCCCC2)n1. The van der Waals surface area contributed by atoms with Crippen LogP contribution in [-0.4, -0.2) is 104 Å². The van der Waals surface area contributed by atoms with Crippen LogP contribution in [0, 0.1) is 27.6 Å². The number of ether oxygens (including phenoxy) is 2. The van der Waals surface area contributed by atoms with E-state index in [1.807, 2.05) is 66.5 Å². The Morgan fingerprint density at radius 3 is 1.45 bits per heavy atom. The molecule has 434 valence electrons. The third-order valence-corrected chi connectivity index (χ3v) is 22.8. The van der Waals surface area contributed by atoms with Gasteiger partial charge in [-0.15, -0.1) is 0 Å². The minimum Gasteiger partial charge on any atom is -0.444 e. The number of aromatic nitrogens is 6. The fraction of sp³-hybridized carbons (Fsp3) is 0.709. The predicted molar refractivity (Wildman–Crippen MR) is 325 cm³/mol. The zero-order valence-corrected chi connectivity index (χ0v) is 56.5. The summed E-state index contributed by atoms with van der Waals surface area (Å²) in [5, 5.41) is 28.6. The molecular weight excluding hydrogens is 1260 g/mol. The van der Waals surface area contributed by atoms with E-state index in [-0.39, 0.29) is 28.4 Å². The normalized spacial score (nSPS) is 18.0. The molecule has 16 nitrogen and oxygen atoms in total. The minimum absolute atomic E-state index is 0.0432. The van der Waals surface area contributed by atoms with Crippen molar-refractivity contribution in [3.63, 3.8) is 0 Å². The molecule has 0 aromatic carbocycles. The van der Waals surface area contributed by atoms with E-state index in [1.54, 1.807) is 12.4 Å². The molecule has 0 bridgehead atoms. The number of hydrogen-bond acceptors (Lipinski definition) is 17. The van der Waals surface area contributed by atoms with Gasteiger partial charge in [0.2, 0.25) is 5.78 Å². The molecule has 6 rings (SSSR count). The van der Waals surface area contributed by atoms with Crippen molar-refractivity contribution < 1.29 is 33.4 Å². The number of alkyl carbamates (subject to hydrolysis) is 2. The maximum absolute atomic E-state index is 12.7. The summed E-state index contributed by atoms with van der Waals surface area (Å²) in [4.78, 5) is 63.9. The second-order valence-corrected chi connectivity index (χ2v) is 33.7. The minimum atomic E-state index is -2.16. The van der Waals surface area contributed by atoms with Crippen molar-refractivity contribution in [1.82, 2.24) is 40.5 Å². The van der Waals surface area contributed by atoms with Gasteiger partial charge in [0.15, 0.2) is 23.8 Å². The number of aliphatic hydroxyl groups is 1. The highest BCUT2D eigenvalue weighted by Crippen LogP contribution is 2.53. The molecule has 3 aliphatic carbocycles. The molecule has 0 saturated heterocycles. The maximum atomic E-state index is 12.7. The summed E-state index contributed by atoms with van der Waals surface area (Å²) in [5.41, 5.74) is -0.911. The molecule has 3 aromatic heterocycles. The topological polar surface area (TPSA) is 224 Å². The van der Waals surface area contributed by atoms with Gasteiger partial charge in [0.25, 0.3) is 0 Å². The first-order chi connectivity index (χ1) is 36.4. The number of hydrogen-bond donors (Lipinski definition) is 3. The van der Waals surface area contributed by atoms with Crippen LogP contribution in [0.25, 0.3) is 0 Å². The van der Waals surface area contributed by atoms with Gasteiger partial charge < -0.3 is 29.6 Å². The van der Waals surface area contributed by atoms with Gasteiger partial charge in [-0.05, 0) is 165 Å². The quantitative estimate of drug-likeness (QED) is 0.0557. The number of nitrogens with zero attached hydrogens (tertiary/aromatic N) is 7. The standard InChI is InChI=1S/C24H42BrN3O3SSi.C18H28BrN3O3S.C13H14BrN3OS/c1-22(2,3)30-21(29)27-16-24(13-11-10-12-14-24)19(31-33(8,9)23(4,5)6)18-17(25)15-26-20(28-18)32-7;1-17(2,3)25-16(24)21-11-18(8-6-5-7-9-18)14(23)13-12(19)10-20-15(22-13)26-4;1-19-12-16-7-9(14)10(17-12)11(18)13(8-15)5-3-2-4-6-13/h15,19H,10-14,16H2,1-9H3,(H,27,29);10,14,23H,5-9,11H2,1-4H3,(H,21,24);7H,2-6H2,1H3. The summed E-state index contributed by atoms with van der Waals surface area (Å²) in [6, 6.07) is 2.24. The van der Waals surface area contributed by atoms with Gasteiger partial charge in [-0.25, -0.2) is 39.5 Å². The summed E-state index contributed by atoms with van der Waals surface area (Å²) >= 11 is 14.8. The number of aliphatic hydroxyl groups excluding tert-OH is 1. The largest absolute Gasteiger partial charge is 0.444 e. The van der Waals surface area contributed by atoms with E-state index in [9.17, 15) is 24.8 Å². The van der Waals surface area contributed by atoms with Crippen LogP contribution in [0.3, 0.4) is 0 Å². The lowest BCUT2D eigenvalue weighted by molar-refractivity contribution is -0.0124. The smallest absolute Gasteiger partial charge is 0.407 e. The number of amides is 2. The number of nitriles is 1. The van der Waals surface area contributed by atoms with Gasteiger partial charge in [0.05, 0.1) is 37.0 Å². The van der Waals surface area contributed by atoms with E-state index in [4.69, 9.17) is 18.9 Å². The zero-order valence-electron chi connectivity index (χ0n) is 48.3. The molecule has 78 heavy (non-hydrogen) atoms. The van der Waals surface area contributed by atoms with Gasteiger partial charge in [-0.2, -0.15) is 5.26 Å².